The zero-order chi connectivity index (χ0) is 6.81. The van der Waals surface area contributed by atoms with Crippen LogP contribution in [0.2, 0.25) is 0 Å². The lowest BCUT2D eigenvalue weighted by molar-refractivity contribution is 1.39. The number of fused-ring (bicyclic) bond motifs is 1. The lowest BCUT2D eigenvalue weighted by Crippen LogP contribution is -1.75. The highest BCUT2D eigenvalue weighted by atomic mass is 33.1. The van der Waals surface area contributed by atoms with Gasteiger partial charge in [0.05, 0.1) is 11.2 Å². The quantitative estimate of drug-likeness (QED) is 0.550. The average Bonchev–Trinajstić information content (AvgIpc) is 2.05. The second-order valence-electron chi connectivity index (χ2n) is 1.88. The maximum absolute atomic E-state index is 4.21. The van der Waals surface area contributed by atoms with Crippen molar-refractivity contribution in [3.63, 3.8) is 0 Å². The molecular weight excluding hydrogens is 162 g/mol. The Labute approximate surface area is 67.3 Å². The summed E-state index contributed by atoms with van der Waals surface area (Å²) in [4.78, 5) is 5.47. The predicted molar refractivity (Wildman–Crippen MR) is 48.0 cm³/mol. The third kappa shape index (κ3) is 1.07. The van der Waals surface area contributed by atoms with Crippen molar-refractivity contribution in [3.05, 3.63) is 24.3 Å². The molecule has 1 aromatic carbocycles. The highest BCUT2D eigenvalue weighted by Crippen LogP contribution is 2.39. The van der Waals surface area contributed by atoms with E-state index in [1.165, 1.54) is 4.90 Å². The van der Waals surface area contributed by atoms with Crippen LogP contribution in [0.1, 0.15) is 0 Å². The number of hydrogen-bond donors (Lipinski definition) is 0. The van der Waals surface area contributed by atoms with Gasteiger partial charge in [0.1, 0.15) is 0 Å². The maximum atomic E-state index is 4.21. The Morgan fingerprint density at radius 3 is 3.00 bits per heavy atom. The zero-order valence-corrected chi connectivity index (χ0v) is 6.78. The van der Waals surface area contributed by atoms with Crippen LogP contribution in [-0.4, -0.2) is 5.55 Å². The molecule has 1 nitrogen and oxygen atoms in total. The van der Waals surface area contributed by atoms with Crippen molar-refractivity contribution in [2.24, 2.45) is 4.99 Å². The van der Waals surface area contributed by atoms with Crippen molar-refractivity contribution >= 4 is 32.8 Å². The number of hydrogen-bond acceptors (Lipinski definition) is 3. The molecule has 1 aromatic rings. The molecular formula is C7H5NS2. The number of benzene rings is 1. The van der Waals surface area contributed by atoms with Crippen LogP contribution in [-0.2, 0) is 0 Å². The van der Waals surface area contributed by atoms with Crippen LogP contribution in [0.4, 0.5) is 5.69 Å². The molecule has 1 heterocycles. The summed E-state index contributed by atoms with van der Waals surface area (Å²) in [5.41, 5.74) is 2.96. The number of para-hydroxylation sites is 1. The summed E-state index contributed by atoms with van der Waals surface area (Å²) in [5, 5.41) is 0. The minimum atomic E-state index is 1.09. The predicted octanol–water partition coefficient (Wildman–Crippen LogP) is 3.10. The molecule has 0 radical (unpaired) electrons. The molecule has 0 saturated carbocycles. The Balaban J connectivity index is 2.54. The normalized spacial score (nSPS) is 14.8. The molecule has 0 saturated heterocycles. The van der Waals surface area contributed by atoms with Crippen molar-refractivity contribution < 1.29 is 0 Å². The van der Waals surface area contributed by atoms with Gasteiger partial charge in [-0.05, 0) is 33.7 Å². The third-order valence-corrected chi connectivity index (χ3v) is 3.14. The van der Waals surface area contributed by atoms with E-state index < -0.39 is 0 Å². The van der Waals surface area contributed by atoms with Gasteiger partial charge in [-0.1, -0.05) is 12.1 Å². The zero-order valence-electron chi connectivity index (χ0n) is 5.15. The third-order valence-electron chi connectivity index (χ3n) is 1.24. The van der Waals surface area contributed by atoms with Gasteiger partial charge in [-0.2, -0.15) is 0 Å². The van der Waals surface area contributed by atoms with Gasteiger partial charge in [0, 0.05) is 4.90 Å². The molecule has 50 valence electrons. The van der Waals surface area contributed by atoms with E-state index in [0.29, 0.717) is 0 Å². The van der Waals surface area contributed by atoms with Crippen molar-refractivity contribution in [1.29, 1.82) is 0 Å². The number of nitrogens with zero attached hydrogens (tertiary/aromatic N) is 1. The van der Waals surface area contributed by atoms with E-state index in [9.17, 15) is 0 Å². The Kier molecular flexibility index (Phi) is 1.69. The summed E-state index contributed by atoms with van der Waals surface area (Å²) in [7, 11) is 3.42. The Morgan fingerprint density at radius 1 is 1.20 bits per heavy atom. The van der Waals surface area contributed by atoms with Crippen molar-refractivity contribution in [2.75, 3.05) is 0 Å². The highest BCUT2D eigenvalue weighted by molar-refractivity contribution is 8.81. The summed E-state index contributed by atoms with van der Waals surface area (Å²) >= 11 is 0. The van der Waals surface area contributed by atoms with Crippen LogP contribution >= 0.6 is 21.6 Å². The molecule has 1 aliphatic rings. The highest BCUT2D eigenvalue weighted by Gasteiger charge is 2.03. The molecule has 0 N–H and O–H groups in total. The fraction of sp³-hybridized carbons (Fsp3) is 0. The summed E-state index contributed by atoms with van der Waals surface area (Å²) < 4.78 is 0. The van der Waals surface area contributed by atoms with E-state index in [-0.39, 0.29) is 0 Å². The fourth-order valence-corrected chi connectivity index (χ4v) is 2.42. The molecule has 0 fully saturated rings. The van der Waals surface area contributed by atoms with Gasteiger partial charge in [-0.25, -0.2) is 4.99 Å². The van der Waals surface area contributed by atoms with Crippen LogP contribution in [0.25, 0.3) is 0 Å². The van der Waals surface area contributed by atoms with E-state index in [1.54, 1.807) is 21.6 Å². The smallest absolute Gasteiger partial charge is 0.0780 e. The van der Waals surface area contributed by atoms with Gasteiger partial charge in [-0.3, -0.25) is 0 Å². The van der Waals surface area contributed by atoms with Gasteiger partial charge in [0.25, 0.3) is 0 Å². The molecule has 0 aliphatic carbocycles. The first-order valence-corrected chi connectivity index (χ1v) is 5.13. The molecule has 0 unspecified atom stereocenters. The Bertz CT molecular complexity index is 270. The molecule has 1 aliphatic heterocycles. The molecule has 0 spiro atoms. The standard InChI is InChI=1S/C7H5NS2/c1-2-4-7-6(3-1)8-5-9-10-7/h1-5H. The van der Waals surface area contributed by atoms with Crippen LogP contribution in [0.3, 0.4) is 0 Å². The molecule has 0 aromatic heterocycles. The summed E-state index contributed by atoms with van der Waals surface area (Å²) in [5.74, 6) is 0. The lowest BCUT2D eigenvalue weighted by atomic mass is 10.3. The average molecular weight is 167 g/mol. The Morgan fingerprint density at radius 2 is 2.10 bits per heavy atom. The second kappa shape index (κ2) is 2.68. The van der Waals surface area contributed by atoms with E-state index >= 15 is 0 Å². The summed E-state index contributed by atoms with van der Waals surface area (Å²) in [6.07, 6.45) is 0. The SMILES string of the molecule is C1=Nc2ccccc2SS1. The molecule has 10 heavy (non-hydrogen) atoms. The van der Waals surface area contributed by atoms with E-state index in [2.05, 4.69) is 11.1 Å². The van der Waals surface area contributed by atoms with Crippen LogP contribution in [0.5, 0.6) is 0 Å². The minimum absolute atomic E-state index is 1.09. The first-order chi connectivity index (χ1) is 4.97. The van der Waals surface area contributed by atoms with Crippen molar-refractivity contribution in [1.82, 2.24) is 0 Å². The van der Waals surface area contributed by atoms with E-state index in [4.69, 9.17) is 0 Å². The molecule has 0 atom stereocenters. The number of rotatable bonds is 0. The van der Waals surface area contributed by atoms with Gasteiger partial charge >= 0.3 is 0 Å². The van der Waals surface area contributed by atoms with Gasteiger partial charge in [0.2, 0.25) is 0 Å². The van der Waals surface area contributed by atoms with Crippen molar-refractivity contribution in [3.8, 4) is 0 Å². The van der Waals surface area contributed by atoms with Crippen LogP contribution < -0.4 is 0 Å². The largest absolute Gasteiger partial charge is 0.248 e. The second-order valence-corrected chi connectivity index (χ2v) is 3.97. The van der Waals surface area contributed by atoms with Crippen molar-refractivity contribution in [2.45, 2.75) is 4.90 Å². The maximum Gasteiger partial charge on any atom is 0.0780 e. The topological polar surface area (TPSA) is 12.4 Å². The van der Waals surface area contributed by atoms with Gasteiger partial charge in [-0.15, -0.1) is 0 Å². The lowest BCUT2D eigenvalue weighted by Gasteiger charge is -2.05. The summed E-state index contributed by atoms with van der Waals surface area (Å²) in [6, 6.07) is 8.15. The van der Waals surface area contributed by atoms with Gasteiger partial charge < -0.3 is 0 Å². The first kappa shape index (κ1) is 6.31. The monoisotopic (exact) mass is 167 g/mol. The van der Waals surface area contributed by atoms with E-state index in [0.717, 1.165) is 5.69 Å². The van der Waals surface area contributed by atoms with Gasteiger partial charge in [0.15, 0.2) is 0 Å². The van der Waals surface area contributed by atoms with E-state index in [1.807, 2.05) is 23.7 Å². The molecule has 2 rings (SSSR count). The summed E-state index contributed by atoms with van der Waals surface area (Å²) in [6.45, 7) is 0. The van der Waals surface area contributed by atoms with Crippen LogP contribution in [0.15, 0.2) is 34.2 Å². The molecule has 0 bridgehead atoms. The molecule has 0 amide bonds. The first-order valence-electron chi connectivity index (χ1n) is 2.92. The fourth-order valence-electron chi connectivity index (χ4n) is 0.786. The minimum Gasteiger partial charge on any atom is -0.248 e. The number of aliphatic imine (C=N–C) groups is 1. The van der Waals surface area contributed by atoms with Crippen LogP contribution in [0, 0.1) is 0 Å². The molecule has 3 heteroatoms. The Hall–Kier alpha value is -0.410.